The third-order valence-corrected chi connectivity index (χ3v) is 3.44. The van der Waals surface area contributed by atoms with Crippen molar-refractivity contribution in [3.63, 3.8) is 0 Å². The summed E-state index contributed by atoms with van der Waals surface area (Å²) in [6, 6.07) is 5.36. The van der Waals surface area contributed by atoms with E-state index in [9.17, 15) is 4.79 Å². The van der Waals surface area contributed by atoms with Crippen LogP contribution in [-0.4, -0.2) is 18.1 Å². The van der Waals surface area contributed by atoms with E-state index in [4.69, 9.17) is 23.2 Å². The Bertz CT molecular complexity index is 626. The Balaban J connectivity index is 2.66. The molecule has 0 saturated heterocycles. The molecule has 0 spiro atoms. The molecule has 2 rings (SSSR count). The van der Waals surface area contributed by atoms with Gasteiger partial charge < -0.3 is 4.74 Å². The quantitative estimate of drug-likeness (QED) is 0.791. The molecule has 2 aromatic rings. The van der Waals surface area contributed by atoms with E-state index in [0.29, 0.717) is 15.6 Å². The number of hydrogen-bond donors (Lipinski definition) is 0. The summed E-state index contributed by atoms with van der Waals surface area (Å²) in [6.07, 6.45) is 0.189. The highest BCUT2D eigenvalue weighted by molar-refractivity contribution is 6.45. The molecule has 0 unspecified atom stereocenters. The number of methoxy groups -OCH3 is 1. The number of halogens is 2. The van der Waals surface area contributed by atoms with E-state index >= 15 is 0 Å². The van der Waals surface area contributed by atoms with Gasteiger partial charge in [-0.3, -0.25) is 9.78 Å². The summed E-state index contributed by atoms with van der Waals surface area (Å²) in [5.41, 5.74) is 2.23. The molecule has 0 amide bonds. The summed E-state index contributed by atoms with van der Waals surface area (Å²) in [5.74, 6) is -0.298. The van der Waals surface area contributed by atoms with Crippen molar-refractivity contribution >= 4 is 40.1 Å². The molecule has 18 heavy (non-hydrogen) atoms. The summed E-state index contributed by atoms with van der Waals surface area (Å²) in [6.45, 7) is 1.84. The summed E-state index contributed by atoms with van der Waals surface area (Å²) >= 11 is 12.1. The van der Waals surface area contributed by atoms with E-state index in [0.717, 1.165) is 16.6 Å². The third-order valence-electron chi connectivity index (χ3n) is 2.65. The Morgan fingerprint density at radius 2 is 2.11 bits per heavy atom. The standard InChI is InChI=1S/C13H11Cl2NO2/c1-7-5-8(6-11(17)18-2)9-3-4-10(14)12(15)13(9)16-7/h3-5H,6H2,1-2H3. The van der Waals surface area contributed by atoms with Crippen molar-refractivity contribution in [2.45, 2.75) is 13.3 Å². The lowest BCUT2D eigenvalue weighted by atomic mass is 10.0. The van der Waals surface area contributed by atoms with Crippen molar-refractivity contribution in [3.05, 3.63) is 39.5 Å². The number of hydrogen-bond acceptors (Lipinski definition) is 3. The maximum atomic E-state index is 11.4. The van der Waals surface area contributed by atoms with E-state index in [1.54, 1.807) is 6.07 Å². The highest BCUT2D eigenvalue weighted by Gasteiger charge is 2.12. The second kappa shape index (κ2) is 5.12. The van der Waals surface area contributed by atoms with Gasteiger partial charge >= 0.3 is 5.97 Å². The van der Waals surface area contributed by atoms with Crippen molar-refractivity contribution in [3.8, 4) is 0 Å². The van der Waals surface area contributed by atoms with E-state index in [1.165, 1.54) is 7.11 Å². The van der Waals surface area contributed by atoms with Crippen molar-refractivity contribution in [1.82, 2.24) is 4.98 Å². The number of rotatable bonds is 2. The molecular formula is C13H11Cl2NO2. The molecule has 0 fully saturated rings. The lowest BCUT2D eigenvalue weighted by molar-refractivity contribution is -0.139. The van der Waals surface area contributed by atoms with E-state index in [-0.39, 0.29) is 12.4 Å². The smallest absolute Gasteiger partial charge is 0.310 e. The number of ether oxygens (including phenoxy) is 1. The molecule has 3 nitrogen and oxygen atoms in total. The first kappa shape index (κ1) is 13.1. The SMILES string of the molecule is COC(=O)Cc1cc(C)nc2c(Cl)c(Cl)ccc12. The summed E-state index contributed by atoms with van der Waals surface area (Å²) in [5, 5.41) is 1.68. The number of nitrogens with zero attached hydrogens (tertiary/aromatic N) is 1. The fourth-order valence-corrected chi connectivity index (χ4v) is 2.18. The Morgan fingerprint density at radius 1 is 1.39 bits per heavy atom. The molecule has 94 valence electrons. The van der Waals surface area contributed by atoms with E-state index < -0.39 is 0 Å². The van der Waals surface area contributed by atoms with Gasteiger partial charge in [-0.2, -0.15) is 0 Å². The first-order valence-corrected chi connectivity index (χ1v) is 6.09. The Kier molecular flexibility index (Phi) is 3.73. The second-order valence-corrected chi connectivity index (χ2v) is 4.72. The van der Waals surface area contributed by atoms with Crippen LogP contribution in [0.3, 0.4) is 0 Å². The molecule has 5 heteroatoms. The number of carbonyl (C=O) groups is 1. The van der Waals surface area contributed by atoms with Gasteiger partial charge in [-0.05, 0) is 24.6 Å². The molecule has 0 aliphatic heterocycles. The van der Waals surface area contributed by atoms with Crippen LogP contribution in [0.1, 0.15) is 11.3 Å². The number of pyridine rings is 1. The third kappa shape index (κ3) is 2.42. The first-order chi connectivity index (χ1) is 8.52. The summed E-state index contributed by atoms with van der Waals surface area (Å²) in [7, 11) is 1.36. The number of benzene rings is 1. The van der Waals surface area contributed by atoms with Gasteiger partial charge in [0, 0.05) is 11.1 Å². The lowest BCUT2D eigenvalue weighted by Crippen LogP contribution is -2.06. The molecule has 1 heterocycles. The molecule has 0 saturated carbocycles. The minimum atomic E-state index is -0.298. The van der Waals surface area contributed by atoms with Crippen LogP contribution in [0.25, 0.3) is 10.9 Å². The van der Waals surface area contributed by atoms with Crippen LogP contribution in [0.15, 0.2) is 18.2 Å². The van der Waals surface area contributed by atoms with Crippen LogP contribution in [0.5, 0.6) is 0 Å². The molecule has 0 atom stereocenters. The average Bonchev–Trinajstić information content (AvgIpc) is 2.34. The van der Waals surface area contributed by atoms with Gasteiger partial charge in [0.05, 0.1) is 29.1 Å². The molecular weight excluding hydrogens is 273 g/mol. The minimum absolute atomic E-state index is 0.189. The maximum Gasteiger partial charge on any atom is 0.310 e. The zero-order valence-corrected chi connectivity index (χ0v) is 11.5. The van der Waals surface area contributed by atoms with E-state index in [2.05, 4.69) is 9.72 Å². The average molecular weight is 284 g/mol. The predicted octanol–water partition coefficient (Wildman–Crippen LogP) is 3.57. The number of aryl methyl sites for hydroxylation is 1. The van der Waals surface area contributed by atoms with Gasteiger partial charge in [0.15, 0.2) is 0 Å². The van der Waals surface area contributed by atoms with Crippen LogP contribution >= 0.6 is 23.2 Å². The Morgan fingerprint density at radius 3 is 2.78 bits per heavy atom. The molecule has 0 radical (unpaired) electrons. The largest absolute Gasteiger partial charge is 0.469 e. The van der Waals surface area contributed by atoms with Crippen molar-refractivity contribution in [2.75, 3.05) is 7.11 Å². The van der Waals surface area contributed by atoms with Crippen molar-refractivity contribution in [1.29, 1.82) is 0 Å². The fourth-order valence-electron chi connectivity index (χ4n) is 1.82. The number of aromatic nitrogens is 1. The van der Waals surface area contributed by atoms with Gasteiger partial charge in [-0.25, -0.2) is 0 Å². The van der Waals surface area contributed by atoms with Crippen LogP contribution in [0.2, 0.25) is 10.0 Å². The lowest BCUT2D eigenvalue weighted by Gasteiger charge is -2.09. The zero-order valence-electron chi connectivity index (χ0n) is 9.96. The minimum Gasteiger partial charge on any atom is -0.469 e. The molecule has 1 aromatic carbocycles. The van der Waals surface area contributed by atoms with Crippen molar-refractivity contribution < 1.29 is 9.53 Å². The van der Waals surface area contributed by atoms with Gasteiger partial charge in [-0.1, -0.05) is 29.3 Å². The Labute approximate surface area is 115 Å². The van der Waals surface area contributed by atoms with Gasteiger partial charge in [0.1, 0.15) is 0 Å². The van der Waals surface area contributed by atoms with Crippen LogP contribution in [0.4, 0.5) is 0 Å². The predicted molar refractivity (Wildman–Crippen MR) is 72.2 cm³/mol. The summed E-state index contributed by atoms with van der Waals surface area (Å²) < 4.78 is 4.68. The van der Waals surface area contributed by atoms with E-state index in [1.807, 2.05) is 19.1 Å². The maximum absolute atomic E-state index is 11.4. The highest BCUT2D eigenvalue weighted by Crippen LogP contribution is 2.31. The molecule has 1 aromatic heterocycles. The number of esters is 1. The molecule has 0 bridgehead atoms. The summed E-state index contributed by atoms with van der Waals surface area (Å²) in [4.78, 5) is 15.7. The molecule has 0 aliphatic carbocycles. The number of carbonyl (C=O) groups excluding carboxylic acids is 1. The monoisotopic (exact) mass is 283 g/mol. The number of fused-ring (bicyclic) bond motifs is 1. The second-order valence-electron chi connectivity index (χ2n) is 3.93. The van der Waals surface area contributed by atoms with Gasteiger partial charge in [0.25, 0.3) is 0 Å². The van der Waals surface area contributed by atoms with Crippen LogP contribution < -0.4 is 0 Å². The van der Waals surface area contributed by atoms with Gasteiger partial charge in [-0.15, -0.1) is 0 Å². The van der Waals surface area contributed by atoms with Crippen LogP contribution in [0, 0.1) is 6.92 Å². The Hall–Kier alpha value is -1.32. The van der Waals surface area contributed by atoms with Crippen molar-refractivity contribution in [2.24, 2.45) is 0 Å². The van der Waals surface area contributed by atoms with Crippen LogP contribution in [-0.2, 0) is 16.0 Å². The fraction of sp³-hybridized carbons (Fsp3) is 0.231. The molecule has 0 N–H and O–H groups in total. The first-order valence-electron chi connectivity index (χ1n) is 5.34. The highest BCUT2D eigenvalue weighted by atomic mass is 35.5. The normalized spacial score (nSPS) is 10.7. The topological polar surface area (TPSA) is 39.2 Å². The van der Waals surface area contributed by atoms with Gasteiger partial charge in [0.2, 0.25) is 0 Å². The molecule has 0 aliphatic rings. The zero-order chi connectivity index (χ0) is 13.3.